The van der Waals surface area contributed by atoms with Gasteiger partial charge in [-0.1, -0.05) is 12.1 Å². The Morgan fingerprint density at radius 2 is 2.14 bits per heavy atom. The molecule has 5 nitrogen and oxygen atoms in total. The summed E-state index contributed by atoms with van der Waals surface area (Å²) in [6, 6.07) is 6.07. The van der Waals surface area contributed by atoms with E-state index in [1.807, 2.05) is 0 Å². The van der Waals surface area contributed by atoms with Crippen LogP contribution in [-0.4, -0.2) is 42.1 Å². The zero-order valence-corrected chi connectivity index (χ0v) is 12.0. The first-order chi connectivity index (χ1) is 9.82. The largest absolute Gasteiger partial charge is 0.437 e. The summed E-state index contributed by atoms with van der Waals surface area (Å²) in [5.74, 6) is -0.455. The number of nitrogens with zero attached hydrogens (tertiary/aromatic N) is 1. The van der Waals surface area contributed by atoms with Crippen molar-refractivity contribution in [1.29, 1.82) is 0 Å². The molecule has 6 heteroatoms. The van der Waals surface area contributed by atoms with Crippen LogP contribution in [0.2, 0.25) is 0 Å². The van der Waals surface area contributed by atoms with E-state index >= 15 is 0 Å². The third-order valence-electron chi connectivity index (χ3n) is 4.19. The Balaban J connectivity index is 1.73. The Bertz CT molecular complexity index is 609. The summed E-state index contributed by atoms with van der Waals surface area (Å²) in [4.78, 5) is 25.4. The molecular weight excluding hydrogens is 275 g/mol. The van der Waals surface area contributed by atoms with E-state index in [-0.39, 0.29) is 11.7 Å². The first-order valence-electron chi connectivity index (χ1n) is 6.85. The van der Waals surface area contributed by atoms with Gasteiger partial charge in [-0.2, -0.15) is 0 Å². The second kappa shape index (κ2) is 4.44. The fourth-order valence-electron chi connectivity index (χ4n) is 2.87. The van der Waals surface area contributed by atoms with Crippen LogP contribution in [0.5, 0.6) is 0 Å². The molecule has 2 amide bonds. The van der Waals surface area contributed by atoms with Crippen LogP contribution in [0, 0.1) is 5.82 Å². The molecule has 0 bridgehead atoms. The van der Waals surface area contributed by atoms with Crippen molar-refractivity contribution in [2.75, 3.05) is 19.6 Å². The summed E-state index contributed by atoms with van der Waals surface area (Å²) in [5, 5.41) is 2.60. The second-order valence-corrected chi connectivity index (χ2v) is 6.22. The van der Waals surface area contributed by atoms with Crippen molar-refractivity contribution in [3.05, 3.63) is 35.6 Å². The zero-order chi connectivity index (χ0) is 15.3. The predicted octanol–water partition coefficient (Wildman–Crippen LogP) is 1.42. The normalized spacial score (nSPS) is 20.0. The van der Waals surface area contributed by atoms with Crippen molar-refractivity contribution < 1.29 is 18.7 Å². The minimum Gasteiger partial charge on any atom is -0.437 e. The molecule has 0 aliphatic carbocycles. The van der Waals surface area contributed by atoms with Gasteiger partial charge in [-0.3, -0.25) is 4.79 Å². The molecule has 2 saturated heterocycles. The molecule has 2 aliphatic rings. The van der Waals surface area contributed by atoms with Crippen LogP contribution in [0.3, 0.4) is 0 Å². The highest BCUT2D eigenvalue weighted by atomic mass is 19.1. The summed E-state index contributed by atoms with van der Waals surface area (Å²) < 4.78 is 18.5. The maximum Gasteiger partial charge on any atom is 0.408 e. The molecule has 1 aromatic carbocycles. The number of halogens is 1. The third-order valence-corrected chi connectivity index (χ3v) is 4.19. The second-order valence-electron chi connectivity index (χ2n) is 6.22. The number of likely N-dealkylation sites (tertiary alicyclic amines) is 1. The molecule has 1 spiro atoms. The lowest BCUT2D eigenvalue weighted by atomic mass is 9.81. The fourth-order valence-corrected chi connectivity index (χ4v) is 2.87. The van der Waals surface area contributed by atoms with Gasteiger partial charge in [0, 0.05) is 0 Å². The van der Waals surface area contributed by atoms with Gasteiger partial charge < -0.3 is 15.0 Å². The monoisotopic (exact) mass is 292 g/mol. The standard InChI is InChI=1S/C15H17FN2O3/c1-14(2,10-4-3-5-11(16)6-10)12(19)18-8-15(9-18)7-17-13(20)21-15/h3-6H,7-9H2,1-2H3,(H,17,20). The Hall–Kier alpha value is -2.11. The summed E-state index contributed by atoms with van der Waals surface area (Å²) >= 11 is 0. The number of hydrogen-bond donors (Lipinski definition) is 1. The number of rotatable bonds is 2. The van der Waals surface area contributed by atoms with Crippen LogP contribution in [0.25, 0.3) is 0 Å². The molecule has 21 heavy (non-hydrogen) atoms. The zero-order valence-electron chi connectivity index (χ0n) is 12.0. The summed E-state index contributed by atoms with van der Waals surface area (Å²) in [6.07, 6.45) is -0.438. The lowest BCUT2D eigenvalue weighted by Crippen LogP contribution is -2.67. The van der Waals surface area contributed by atoms with Crippen molar-refractivity contribution in [2.24, 2.45) is 0 Å². The van der Waals surface area contributed by atoms with Crippen molar-refractivity contribution >= 4 is 12.0 Å². The van der Waals surface area contributed by atoms with Gasteiger partial charge >= 0.3 is 6.09 Å². The Morgan fingerprint density at radius 1 is 1.43 bits per heavy atom. The van der Waals surface area contributed by atoms with Gasteiger partial charge in [0.2, 0.25) is 5.91 Å². The number of hydrogen-bond acceptors (Lipinski definition) is 3. The fraction of sp³-hybridized carbons (Fsp3) is 0.467. The third kappa shape index (κ3) is 2.24. The maximum absolute atomic E-state index is 13.4. The average molecular weight is 292 g/mol. The van der Waals surface area contributed by atoms with E-state index in [2.05, 4.69) is 5.32 Å². The van der Waals surface area contributed by atoms with Crippen LogP contribution in [0.4, 0.5) is 9.18 Å². The molecule has 3 rings (SSSR count). The van der Waals surface area contributed by atoms with Gasteiger partial charge in [-0.05, 0) is 31.5 Å². The molecule has 0 radical (unpaired) electrons. The molecule has 2 fully saturated rings. The summed E-state index contributed by atoms with van der Waals surface area (Å²) in [5.41, 5.74) is -0.764. The van der Waals surface area contributed by atoms with E-state index in [0.717, 1.165) is 0 Å². The van der Waals surface area contributed by atoms with Crippen molar-refractivity contribution in [2.45, 2.75) is 24.9 Å². The predicted molar refractivity (Wildman–Crippen MR) is 73.2 cm³/mol. The molecular formula is C15H17FN2O3. The van der Waals surface area contributed by atoms with Gasteiger partial charge in [0.25, 0.3) is 0 Å². The van der Waals surface area contributed by atoms with Crippen LogP contribution >= 0.6 is 0 Å². The lowest BCUT2D eigenvalue weighted by molar-refractivity contribution is -0.155. The van der Waals surface area contributed by atoms with Crippen molar-refractivity contribution in [1.82, 2.24) is 10.2 Å². The van der Waals surface area contributed by atoms with E-state index in [1.54, 1.807) is 30.9 Å². The first-order valence-corrected chi connectivity index (χ1v) is 6.85. The Kier molecular flexibility index (Phi) is 2.93. The molecule has 112 valence electrons. The average Bonchev–Trinajstić information content (AvgIpc) is 2.78. The Morgan fingerprint density at radius 3 is 2.71 bits per heavy atom. The number of carbonyl (C=O) groups is 2. The number of alkyl carbamates (subject to hydrolysis) is 1. The van der Waals surface area contributed by atoms with E-state index in [1.165, 1.54) is 12.1 Å². The molecule has 0 unspecified atom stereocenters. The summed E-state index contributed by atoms with van der Waals surface area (Å²) in [7, 11) is 0. The molecule has 2 heterocycles. The molecule has 0 atom stereocenters. The van der Waals surface area contributed by atoms with E-state index in [0.29, 0.717) is 25.2 Å². The Labute approximate surface area is 122 Å². The quantitative estimate of drug-likeness (QED) is 0.897. The number of benzene rings is 1. The smallest absolute Gasteiger partial charge is 0.408 e. The van der Waals surface area contributed by atoms with Gasteiger partial charge in [-0.25, -0.2) is 9.18 Å². The number of nitrogens with one attached hydrogen (secondary N) is 1. The van der Waals surface area contributed by atoms with Crippen molar-refractivity contribution in [3.63, 3.8) is 0 Å². The SMILES string of the molecule is CC(C)(C(=O)N1CC2(CNC(=O)O2)C1)c1cccc(F)c1. The maximum atomic E-state index is 13.4. The molecule has 0 saturated carbocycles. The van der Waals surface area contributed by atoms with Crippen LogP contribution < -0.4 is 5.32 Å². The van der Waals surface area contributed by atoms with Crippen LogP contribution in [0.15, 0.2) is 24.3 Å². The topological polar surface area (TPSA) is 58.6 Å². The highest BCUT2D eigenvalue weighted by molar-refractivity contribution is 5.88. The summed E-state index contributed by atoms with van der Waals surface area (Å²) in [6.45, 7) is 4.73. The van der Waals surface area contributed by atoms with Crippen molar-refractivity contribution in [3.8, 4) is 0 Å². The van der Waals surface area contributed by atoms with Gasteiger partial charge in [-0.15, -0.1) is 0 Å². The van der Waals surface area contributed by atoms with Gasteiger partial charge in [0.05, 0.1) is 25.0 Å². The van der Waals surface area contributed by atoms with Crippen LogP contribution in [0.1, 0.15) is 19.4 Å². The highest BCUT2D eigenvalue weighted by Crippen LogP contribution is 2.34. The molecule has 0 aromatic heterocycles. The van der Waals surface area contributed by atoms with Gasteiger partial charge in [0.1, 0.15) is 5.82 Å². The minimum absolute atomic E-state index is 0.0957. The van der Waals surface area contributed by atoms with E-state index in [9.17, 15) is 14.0 Å². The molecule has 1 aromatic rings. The number of amides is 2. The minimum atomic E-state index is -0.820. The molecule has 2 aliphatic heterocycles. The lowest BCUT2D eigenvalue weighted by Gasteiger charge is -2.47. The highest BCUT2D eigenvalue weighted by Gasteiger charge is 2.54. The number of carbonyl (C=O) groups excluding carboxylic acids is 2. The van der Waals surface area contributed by atoms with E-state index < -0.39 is 17.1 Å². The van der Waals surface area contributed by atoms with E-state index in [4.69, 9.17) is 4.74 Å². The number of ether oxygens (including phenoxy) is 1. The van der Waals surface area contributed by atoms with Crippen LogP contribution in [-0.2, 0) is 14.9 Å². The van der Waals surface area contributed by atoms with Gasteiger partial charge in [0.15, 0.2) is 5.60 Å². The first kappa shape index (κ1) is 13.9. The molecule has 1 N–H and O–H groups in total.